The number of benzene rings is 1. The summed E-state index contributed by atoms with van der Waals surface area (Å²) in [6.45, 7) is 0. The zero-order valence-corrected chi connectivity index (χ0v) is 10.1. The van der Waals surface area contributed by atoms with Gasteiger partial charge in [-0.25, -0.2) is 4.98 Å². The first-order valence-corrected chi connectivity index (χ1v) is 5.48. The maximum absolute atomic E-state index is 12.7. The molecular weight excluding hydrogens is 271 g/mol. The zero-order valence-electron chi connectivity index (χ0n) is 7.85. The highest BCUT2D eigenvalue weighted by molar-refractivity contribution is 6.46. The van der Waals surface area contributed by atoms with Crippen molar-refractivity contribution < 1.29 is 4.39 Å². The molecule has 0 amide bonds. The van der Waals surface area contributed by atoms with Crippen molar-refractivity contribution in [3.05, 3.63) is 51.5 Å². The second-order valence-electron chi connectivity index (χ2n) is 3.09. The fourth-order valence-electron chi connectivity index (χ4n) is 1.32. The number of nitrogens with zero attached hydrogens (tertiary/aromatic N) is 1. The highest BCUT2D eigenvalue weighted by Gasteiger charge is 2.12. The average Bonchev–Trinajstić information content (AvgIpc) is 2.27. The van der Waals surface area contributed by atoms with E-state index in [2.05, 4.69) is 4.98 Å². The largest absolute Gasteiger partial charge is 0.228 e. The van der Waals surface area contributed by atoms with Gasteiger partial charge in [0.25, 0.3) is 0 Å². The van der Waals surface area contributed by atoms with Gasteiger partial charge in [0, 0.05) is 17.3 Å². The first kappa shape index (κ1) is 11.6. The quantitative estimate of drug-likeness (QED) is 0.536. The van der Waals surface area contributed by atoms with E-state index in [0.29, 0.717) is 26.2 Å². The Morgan fingerprint density at radius 2 is 1.62 bits per heavy atom. The van der Waals surface area contributed by atoms with Gasteiger partial charge < -0.3 is 0 Å². The van der Waals surface area contributed by atoms with Gasteiger partial charge in [0.2, 0.25) is 5.95 Å². The van der Waals surface area contributed by atoms with Gasteiger partial charge in [-0.15, -0.1) is 0 Å². The zero-order chi connectivity index (χ0) is 11.7. The molecule has 1 nitrogen and oxygen atoms in total. The van der Waals surface area contributed by atoms with Gasteiger partial charge >= 0.3 is 0 Å². The minimum atomic E-state index is -0.557. The van der Waals surface area contributed by atoms with Gasteiger partial charge in [0.15, 0.2) is 0 Å². The lowest BCUT2D eigenvalue weighted by Crippen LogP contribution is -1.86. The molecule has 1 heterocycles. The summed E-state index contributed by atoms with van der Waals surface area (Å²) < 4.78 is 12.7. The molecule has 0 aliphatic carbocycles. The predicted octanol–water partition coefficient (Wildman–Crippen LogP) is 4.85. The lowest BCUT2D eigenvalue weighted by atomic mass is 10.1. The Bertz CT molecular complexity index is 525. The fourth-order valence-corrected chi connectivity index (χ4v) is 2.06. The molecule has 0 atom stereocenters. The second-order valence-corrected chi connectivity index (χ2v) is 4.28. The number of aromatic nitrogens is 1. The van der Waals surface area contributed by atoms with E-state index >= 15 is 0 Å². The van der Waals surface area contributed by atoms with E-state index in [4.69, 9.17) is 34.8 Å². The second kappa shape index (κ2) is 4.58. The molecule has 0 bridgehead atoms. The van der Waals surface area contributed by atoms with Crippen LogP contribution in [-0.2, 0) is 0 Å². The summed E-state index contributed by atoms with van der Waals surface area (Å²) in [5.74, 6) is -0.557. The fraction of sp³-hybridized carbons (Fsp3) is 0. The molecule has 2 aromatic rings. The van der Waals surface area contributed by atoms with E-state index in [-0.39, 0.29) is 0 Å². The first-order chi connectivity index (χ1) is 7.59. The van der Waals surface area contributed by atoms with E-state index in [0.717, 1.165) is 0 Å². The molecule has 0 radical (unpaired) electrons. The maximum atomic E-state index is 12.7. The topological polar surface area (TPSA) is 12.9 Å². The monoisotopic (exact) mass is 275 g/mol. The summed E-state index contributed by atoms with van der Waals surface area (Å²) in [5.41, 5.74) is 1.18. The molecule has 0 unspecified atom stereocenters. The van der Waals surface area contributed by atoms with Crippen LogP contribution in [0.2, 0.25) is 15.1 Å². The Kier molecular flexibility index (Phi) is 3.33. The highest BCUT2D eigenvalue weighted by atomic mass is 35.5. The molecule has 5 heteroatoms. The summed E-state index contributed by atoms with van der Waals surface area (Å²) >= 11 is 17.9. The van der Waals surface area contributed by atoms with Crippen molar-refractivity contribution in [2.75, 3.05) is 0 Å². The van der Waals surface area contributed by atoms with Crippen LogP contribution in [0.3, 0.4) is 0 Å². The minimum absolute atomic E-state index is 0.336. The minimum Gasteiger partial charge on any atom is -0.228 e. The number of hydrogen-bond donors (Lipinski definition) is 0. The van der Waals surface area contributed by atoms with Gasteiger partial charge in [-0.1, -0.05) is 34.8 Å². The first-order valence-electron chi connectivity index (χ1n) is 4.35. The third-order valence-corrected chi connectivity index (χ3v) is 3.18. The number of pyridine rings is 1. The van der Waals surface area contributed by atoms with Crippen molar-refractivity contribution >= 4 is 34.8 Å². The Hall–Kier alpha value is -0.830. The van der Waals surface area contributed by atoms with Crippen LogP contribution < -0.4 is 0 Å². The van der Waals surface area contributed by atoms with Crippen molar-refractivity contribution in [3.63, 3.8) is 0 Å². The van der Waals surface area contributed by atoms with Crippen molar-refractivity contribution in [2.24, 2.45) is 0 Å². The van der Waals surface area contributed by atoms with E-state index in [9.17, 15) is 4.39 Å². The number of hydrogen-bond acceptors (Lipinski definition) is 1. The van der Waals surface area contributed by atoms with Gasteiger partial charge in [-0.05, 0) is 24.3 Å². The van der Waals surface area contributed by atoms with Crippen LogP contribution in [0.5, 0.6) is 0 Å². The van der Waals surface area contributed by atoms with Gasteiger partial charge in [0.05, 0.1) is 15.1 Å². The molecule has 0 aliphatic heterocycles. The molecule has 0 N–H and O–H groups in total. The molecule has 16 heavy (non-hydrogen) atoms. The van der Waals surface area contributed by atoms with Crippen molar-refractivity contribution in [2.45, 2.75) is 0 Å². The molecule has 2 rings (SSSR count). The molecule has 1 aromatic heterocycles. The van der Waals surface area contributed by atoms with Crippen LogP contribution in [0.15, 0.2) is 30.5 Å². The van der Waals surface area contributed by atoms with Crippen LogP contribution in [0.25, 0.3) is 11.1 Å². The number of rotatable bonds is 1. The average molecular weight is 277 g/mol. The predicted molar refractivity (Wildman–Crippen MR) is 64.7 cm³/mol. The van der Waals surface area contributed by atoms with Crippen LogP contribution in [0.1, 0.15) is 0 Å². The lowest BCUT2D eigenvalue weighted by Gasteiger charge is -2.07. The molecule has 0 fully saturated rings. The van der Waals surface area contributed by atoms with E-state index in [1.807, 2.05) is 0 Å². The van der Waals surface area contributed by atoms with Crippen LogP contribution in [-0.4, -0.2) is 4.98 Å². The molecule has 0 aliphatic rings. The van der Waals surface area contributed by atoms with Gasteiger partial charge in [-0.2, -0.15) is 4.39 Å². The molecule has 1 aromatic carbocycles. The Balaban J connectivity index is 2.63. The Morgan fingerprint density at radius 3 is 2.25 bits per heavy atom. The smallest absolute Gasteiger partial charge is 0.212 e. The summed E-state index contributed by atoms with van der Waals surface area (Å²) in [5, 5.41) is 1.18. The van der Waals surface area contributed by atoms with Gasteiger partial charge in [0.1, 0.15) is 0 Å². The summed E-state index contributed by atoms with van der Waals surface area (Å²) in [6.07, 6.45) is 1.36. The molecular formula is C11H5Cl3FN. The van der Waals surface area contributed by atoms with Gasteiger partial charge in [-0.3, -0.25) is 0 Å². The standard InChI is InChI=1S/C11H5Cl3FN/c12-7-2-3-8(13)11(14)10(7)6-1-4-9(15)16-5-6/h1-5H. The molecule has 0 spiro atoms. The van der Waals surface area contributed by atoms with E-state index < -0.39 is 5.95 Å². The SMILES string of the molecule is Fc1ccc(-c2c(Cl)ccc(Cl)c2Cl)cn1. The summed E-state index contributed by atoms with van der Waals surface area (Å²) in [6, 6.07) is 6.02. The van der Waals surface area contributed by atoms with E-state index in [1.165, 1.54) is 12.3 Å². The van der Waals surface area contributed by atoms with Crippen molar-refractivity contribution in [3.8, 4) is 11.1 Å². The molecule has 0 saturated heterocycles. The van der Waals surface area contributed by atoms with E-state index in [1.54, 1.807) is 18.2 Å². The summed E-state index contributed by atoms with van der Waals surface area (Å²) in [7, 11) is 0. The van der Waals surface area contributed by atoms with Crippen LogP contribution in [0.4, 0.5) is 4.39 Å². The summed E-state index contributed by atoms with van der Waals surface area (Å²) in [4.78, 5) is 3.54. The third-order valence-electron chi connectivity index (χ3n) is 2.06. The normalized spacial score (nSPS) is 10.5. The van der Waals surface area contributed by atoms with Crippen LogP contribution in [0, 0.1) is 5.95 Å². The maximum Gasteiger partial charge on any atom is 0.212 e. The number of halogens is 4. The highest BCUT2D eigenvalue weighted by Crippen LogP contribution is 2.38. The Morgan fingerprint density at radius 1 is 0.938 bits per heavy atom. The third kappa shape index (κ3) is 2.14. The molecule has 0 saturated carbocycles. The van der Waals surface area contributed by atoms with Crippen LogP contribution >= 0.6 is 34.8 Å². The lowest BCUT2D eigenvalue weighted by molar-refractivity contribution is 0.584. The van der Waals surface area contributed by atoms with Crippen molar-refractivity contribution in [1.82, 2.24) is 4.98 Å². The Labute approximate surface area is 107 Å². The molecule has 82 valence electrons. The van der Waals surface area contributed by atoms with Crippen molar-refractivity contribution in [1.29, 1.82) is 0 Å².